The first-order valence-corrected chi connectivity index (χ1v) is 12.7. The number of rotatable bonds is 7. The quantitative estimate of drug-likeness (QED) is 0.530. The molecular weight excluding hydrogens is 473 g/mol. The van der Waals surface area contributed by atoms with E-state index in [1.165, 1.54) is 18.5 Å². The monoisotopic (exact) mass is 495 g/mol. The van der Waals surface area contributed by atoms with Gasteiger partial charge in [0.15, 0.2) is 0 Å². The van der Waals surface area contributed by atoms with Crippen LogP contribution in [0.15, 0.2) is 47.6 Å². The summed E-state index contributed by atoms with van der Waals surface area (Å²) < 4.78 is 45.7. The molecule has 0 radical (unpaired) electrons. The molecule has 1 N–H and O–H groups in total. The number of halogens is 2. The summed E-state index contributed by atoms with van der Waals surface area (Å²) >= 11 is 7.43. The number of nitrogens with one attached hydrogen (secondary N) is 1. The number of aromatic nitrogens is 2. The molecule has 1 atom stereocenters. The molecule has 3 aromatic rings. The third-order valence-electron chi connectivity index (χ3n) is 5.65. The van der Waals surface area contributed by atoms with E-state index in [0.717, 1.165) is 36.7 Å². The minimum atomic E-state index is -3.81. The predicted octanol–water partition coefficient (Wildman–Crippen LogP) is 4.15. The first kappa shape index (κ1) is 22.9. The largest absolute Gasteiger partial charge is 0.369 e. The summed E-state index contributed by atoms with van der Waals surface area (Å²) in [5, 5.41) is 0.536. The number of aryl methyl sites for hydroxylation is 1. The number of hydrogen-bond donors (Lipinski definition) is 1. The molecule has 0 aliphatic carbocycles. The molecule has 2 aromatic carbocycles. The van der Waals surface area contributed by atoms with E-state index in [1.54, 1.807) is 19.1 Å². The summed E-state index contributed by atoms with van der Waals surface area (Å²) in [6.45, 7) is 3.94. The van der Waals surface area contributed by atoms with Crippen LogP contribution in [0.1, 0.15) is 17.5 Å². The van der Waals surface area contributed by atoms with E-state index < -0.39 is 10.0 Å². The van der Waals surface area contributed by atoms with Gasteiger partial charge in [0.05, 0.1) is 15.6 Å². The Balaban J connectivity index is 1.44. The van der Waals surface area contributed by atoms with Gasteiger partial charge < -0.3 is 4.90 Å². The Bertz CT molecular complexity index is 1210. The van der Waals surface area contributed by atoms with Gasteiger partial charge in [0.2, 0.25) is 5.13 Å². The highest BCUT2D eigenvalue weighted by Crippen LogP contribution is 2.32. The van der Waals surface area contributed by atoms with E-state index in [0.29, 0.717) is 22.7 Å². The molecule has 1 saturated heterocycles. The average Bonchev–Trinajstić information content (AvgIpc) is 3.43. The van der Waals surface area contributed by atoms with Crippen molar-refractivity contribution < 1.29 is 12.8 Å². The van der Waals surface area contributed by atoms with E-state index in [2.05, 4.69) is 23.9 Å². The van der Waals surface area contributed by atoms with Crippen molar-refractivity contribution >= 4 is 44.0 Å². The highest BCUT2D eigenvalue weighted by Gasteiger charge is 2.28. The van der Waals surface area contributed by atoms with Gasteiger partial charge in [0, 0.05) is 49.8 Å². The highest BCUT2D eigenvalue weighted by atomic mass is 35.5. The molecule has 1 fully saturated rings. The summed E-state index contributed by atoms with van der Waals surface area (Å²) in [6, 6.07) is 10.3. The summed E-state index contributed by atoms with van der Waals surface area (Å²) in [6.07, 6.45) is 2.19. The Kier molecular flexibility index (Phi) is 6.66. The van der Waals surface area contributed by atoms with Crippen molar-refractivity contribution in [2.24, 2.45) is 0 Å². The Labute approximate surface area is 196 Å². The molecule has 4 rings (SSSR count). The molecule has 170 valence electrons. The van der Waals surface area contributed by atoms with Crippen LogP contribution in [0.2, 0.25) is 5.02 Å². The molecule has 7 nitrogen and oxygen atoms in total. The lowest BCUT2D eigenvalue weighted by Crippen LogP contribution is -2.34. The third kappa shape index (κ3) is 4.88. The van der Waals surface area contributed by atoms with E-state index in [1.807, 2.05) is 19.2 Å². The molecule has 32 heavy (non-hydrogen) atoms. The molecule has 1 aliphatic heterocycles. The van der Waals surface area contributed by atoms with Crippen molar-refractivity contribution in [1.29, 1.82) is 0 Å². The zero-order valence-corrected chi connectivity index (χ0v) is 20.0. The molecule has 1 aromatic heterocycles. The fourth-order valence-corrected chi connectivity index (χ4v) is 5.94. The van der Waals surface area contributed by atoms with Crippen molar-refractivity contribution in [1.82, 2.24) is 14.3 Å². The summed E-state index contributed by atoms with van der Waals surface area (Å²) in [5.74, 6) is -0.147. The molecule has 1 aliphatic rings. The second-order valence-electron chi connectivity index (χ2n) is 7.80. The Morgan fingerprint density at radius 2 is 2.16 bits per heavy atom. The van der Waals surface area contributed by atoms with Gasteiger partial charge in [-0.2, -0.15) is 4.37 Å². The fraction of sp³-hybridized carbons (Fsp3) is 0.333. The number of likely N-dealkylation sites (tertiary alicyclic amines) is 1. The Morgan fingerprint density at radius 3 is 2.88 bits per heavy atom. The Hall–Kier alpha value is -2.27. The van der Waals surface area contributed by atoms with Crippen LogP contribution < -0.4 is 9.62 Å². The van der Waals surface area contributed by atoms with Crippen LogP contribution in [0.5, 0.6) is 0 Å². The lowest BCUT2D eigenvalue weighted by atomic mass is 10.1. The maximum Gasteiger partial charge on any atom is 0.263 e. The summed E-state index contributed by atoms with van der Waals surface area (Å²) in [7, 11) is -1.87. The van der Waals surface area contributed by atoms with Crippen LogP contribution in [0.3, 0.4) is 0 Å². The van der Waals surface area contributed by atoms with Crippen molar-refractivity contribution in [3.8, 4) is 0 Å². The topological polar surface area (TPSA) is 78.4 Å². The van der Waals surface area contributed by atoms with Gasteiger partial charge in [0.1, 0.15) is 12.1 Å². The third-order valence-corrected chi connectivity index (χ3v) is 8.00. The lowest BCUT2D eigenvalue weighted by Gasteiger charge is -2.28. The highest BCUT2D eigenvalue weighted by molar-refractivity contribution is 7.93. The first-order valence-electron chi connectivity index (χ1n) is 10.0. The standard InChI is InChI=1S/C21H23ClFN5O2S2/c1-14-4-3-5-15(20(14)23)11-28-9-8-16(12-28)27(2)19-7-6-17(10-18(19)22)32(29,30)26-21-24-13-25-31-21/h3-7,10,13,16H,8-9,11-12H2,1-2H3,(H,24,25,26). The summed E-state index contributed by atoms with van der Waals surface area (Å²) in [5.41, 5.74) is 2.09. The van der Waals surface area contributed by atoms with E-state index >= 15 is 0 Å². The van der Waals surface area contributed by atoms with Crippen LogP contribution >= 0.6 is 23.1 Å². The van der Waals surface area contributed by atoms with Gasteiger partial charge >= 0.3 is 0 Å². The zero-order chi connectivity index (χ0) is 22.9. The minimum Gasteiger partial charge on any atom is -0.369 e. The second-order valence-corrected chi connectivity index (χ2v) is 10.7. The number of nitrogens with zero attached hydrogens (tertiary/aromatic N) is 4. The van der Waals surface area contributed by atoms with Crippen LogP contribution in [-0.4, -0.2) is 48.9 Å². The smallest absolute Gasteiger partial charge is 0.263 e. The second kappa shape index (κ2) is 9.30. The normalized spacial score (nSPS) is 16.9. The number of hydrogen-bond acceptors (Lipinski definition) is 7. The van der Waals surface area contributed by atoms with Crippen molar-refractivity contribution in [2.75, 3.05) is 29.8 Å². The van der Waals surface area contributed by atoms with Crippen LogP contribution in [-0.2, 0) is 16.6 Å². The van der Waals surface area contributed by atoms with Crippen molar-refractivity contribution in [2.45, 2.75) is 30.8 Å². The number of likely N-dealkylation sites (N-methyl/N-ethyl adjacent to an activating group) is 1. The molecule has 0 bridgehead atoms. The van der Waals surface area contributed by atoms with Gasteiger partial charge in [0.25, 0.3) is 10.0 Å². The maximum absolute atomic E-state index is 14.4. The van der Waals surface area contributed by atoms with Crippen LogP contribution in [0.4, 0.5) is 15.2 Å². The molecule has 0 spiro atoms. The van der Waals surface area contributed by atoms with Crippen molar-refractivity contribution in [3.63, 3.8) is 0 Å². The molecule has 2 heterocycles. The van der Waals surface area contributed by atoms with E-state index in [9.17, 15) is 12.8 Å². The lowest BCUT2D eigenvalue weighted by molar-refractivity contribution is 0.320. The van der Waals surface area contributed by atoms with Gasteiger partial charge in [-0.3, -0.25) is 9.62 Å². The minimum absolute atomic E-state index is 0.0535. The summed E-state index contributed by atoms with van der Waals surface area (Å²) in [4.78, 5) is 8.17. The van der Waals surface area contributed by atoms with Gasteiger partial charge in [-0.1, -0.05) is 29.8 Å². The number of sulfonamides is 1. The zero-order valence-electron chi connectivity index (χ0n) is 17.6. The molecule has 0 amide bonds. The number of anilines is 2. The molecular formula is C21H23ClFN5O2S2. The van der Waals surface area contributed by atoms with E-state index in [4.69, 9.17) is 11.6 Å². The molecule has 0 saturated carbocycles. The maximum atomic E-state index is 14.4. The Morgan fingerprint density at radius 1 is 1.34 bits per heavy atom. The van der Waals surface area contributed by atoms with Gasteiger partial charge in [-0.15, -0.1) is 0 Å². The molecule has 1 unspecified atom stereocenters. The number of benzene rings is 2. The first-order chi connectivity index (χ1) is 15.2. The van der Waals surface area contributed by atoms with E-state index in [-0.39, 0.29) is 21.9 Å². The average molecular weight is 496 g/mol. The van der Waals surface area contributed by atoms with Gasteiger partial charge in [-0.05, 0) is 37.1 Å². The van der Waals surface area contributed by atoms with Crippen LogP contribution in [0.25, 0.3) is 0 Å². The predicted molar refractivity (Wildman–Crippen MR) is 125 cm³/mol. The SMILES string of the molecule is Cc1cccc(CN2CCC(N(C)c3ccc(S(=O)(=O)Nc4ncns4)cc3Cl)C2)c1F. The van der Waals surface area contributed by atoms with Gasteiger partial charge in [-0.25, -0.2) is 17.8 Å². The fourth-order valence-electron chi connectivity index (χ4n) is 3.87. The molecule has 11 heteroatoms. The van der Waals surface area contributed by atoms with Crippen LogP contribution in [0, 0.1) is 12.7 Å². The van der Waals surface area contributed by atoms with Crippen molar-refractivity contribution in [3.05, 3.63) is 64.7 Å².